The molecular weight excluding hydrogens is 236 g/mol. The van der Waals surface area contributed by atoms with Crippen LogP contribution in [0.1, 0.15) is 25.0 Å². The maximum atomic E-state index is 5.78. The molecule has 90 valence electrons. The van der Waals surface area contributed by atoms with Gasteiger partial charge in [-0.05, 0) is 19.3 Å². The lowest BCUT2D eigenvalue weighted by Crippen LogP contribution is -2.32. The molecule has 2 bridgehead atoms. The minimum Gasteiger partial charge on any atom is -0.388 e. The standard InChI is InChI=1S/C11H14N4OS/c12-10(17)9-11(14-4-3-13-9)15-7-5-6-1-2-8(7)16-6/h3-4,6-8H,1-2,5H2,(H2,12,17)(H,14,15). The van der Waals surface area contributed by atoms with Gasteiger partial charge >= 0.3 is 0 Å². The van der Waals surface area contributed by atoms with Crippen LogP contribution in [-0.4, -0.2) is 33.2 Å². The van der Waals surface area contributed by atoms with E-state index in [2.05, 4.69) is 15.3 Å². The van der Waals surface area contributed by atoms with E-state index in [9.17, 15) is 0 Å². The van der Waals surface area contributed by atoms with Crippen LogP contribution in [0.2, 0.25) is 0 Å². The van der Waals surface area contributed by atoms with Crippen molar-refractivity contribution in [3.8, 4) is 0 Å². The summed E-state index contributed by atoms with van der Waals surface area (Å²) in [6.07, 6.45) is 7.24. The Morgan fingerprint density at radius 2 is 2.24 bits per heavy atom. The molecule has 3 N–H and O–H groups in total. The van der Waals surface area contributed by atoms with Gasteiger partial charge < -0.3 is 15.8 Å². The average molecular weight is 250 g/mol. The zero-order chi connectivity index (χ0) is 11.8. The molecule has 0 radical (unpaired) electrons. The van der Waals surface area contributed by atoms with Gasteiger partial charge in [-0.3, -0.25) is 0 Å². The van der Waals surface area contributed by atoms with Crippen LogP contribution in [0.15, 0.2) is 12.4 Å². The molecule has 5 nitrogen and oxygen atoms in total. The number of anilines is 1. The summed E-state index contributed by atoms with van der Waals surface area (Å²) >= 11 is 4.96. The Bertz CT molecular complexity index is 453. The van der Waals surface area contributed by atoms with E-state index in [1.54, 1.807) is 12.4 Å². The minimum absolute atomic E-state index is 0.268. The van der Waals surface area contributed by atoms with Crippen LogP contribution in [0.25, 0.3) is 0 Å². The molecule has 1 aromatic rings. The fraction of sp³-hybridized carbons (Fsp3) is 0.545. The van der Waals surface area contributed by atoms with Gasteiger partial charge in [0.05, 0.1) is 18.2 Å². The fourth-order valence-electron chi connectivity index (χ4n) is 2.59. The maximum Gasteiger partial charge on any atom is 0.155 e. The number of nitrogens with one attached hydrogen (secondary N) is 1. The number of fused-ring (bicyclic) bond motifs is 2. The third-order valence-electron chi connectivity index (χ3n) is 3.36. The number of hydrogen-bond acceptors (Lipinski definition) is 5. The Kier molecular flexibility index (Phi) is 2.68. The summed E-state index contributed by atoms with van der Waals surface area (Å²) in [4.78, 5) is 8.67. The third kappa shape index (κ3) is 1.98. The van der Waals surface area contributed by atoms with Gasteiger partial charge in [0.1, 0.15) is 10.7 Å². The summed E-state index contributed by atoms with van der Waals surface area (Å²) in [5.41, 5.74) is 6.18. The topological polar surface area (TPSA) is 73.1 Å². The van der Waals surface area contributed by atoms with Gasteiger partial charge in [0.2, 0.25) is 0 Å². The number of nitrogens with zero attached hydrogens (tertiary/aromatic N) is 2. The first-order chi connectivity index (χ1) is 8.24. The van der Waals surface area contributed by atoms with E-state index in [4.69, 9.17) is 22.7 Å². The van der Waals surface area contributed by atoms with Crippen molar-refractivity contribution in [2.75, 3.05) is 5.32 Å². The van der Waals surface area contributed by atoms with E-state index >= 15 is 0 Å². The van der Waals surface area contributed by atoms with Crippen molar-refractivity contribution < 1.29 is 4.74 Å². The highest BCUT2D eigenvalue weighted by Crippen LogP contribution is 2.35. The molecule has 2 saturated heterocycles. The number of hydrogen-bond donors (Lipinski definition) is 2. The predicted molar refractivity (Wildman–Crippen MR) is 67.8 cm³/mol. The second-order valence-corrected chi connectivity index (χ2v) is 4.92. The van der Waals surface area contributed by atoms with E-state index in [1.165, 1.54) is 6.42 Å². The molecule has 2 fully saturated rings. The third-order valence-corrected chi connectivity index (χ3v) is 3.55. The van der Waals surface area contributed by atoms with E-state index in [1.807, 2.05) is 0 Å². The molecule has 0 spiro atoms. The Morgan fingerprint density at radius 3 is 2.88 bits per heavy atom. The second-order valence-electron chi connectivity index (χ2n) is 4.48. The largest absolute Gasteiger partial charge is 0.388 e. The van der Waals surface area contributed by atoms with Crippen molar-refractivity contribution >= 4 is 23.0 Å². The molecule has 0 saturated carbocycles. The molecule has 3 unspecified atom stereocenters. The van der Waals surface area contributed by atoms with Gasteiger partial charge in [-0.1, -0.05) is 12.2 Å². The van der Waals surface area contributed by atoms with Crippen molar-refractivity contribution in [1.82, 2.24) is 9.97 Å². The van der Waals surface area contributed by atoms with Crippen molar-refractivity contribution in [2.24, 2.45) is 5.73 Å². The van der Waals surface area contributed by atoms with Crippen molar-refractivity contribution in [1.29, 1.82) is 0 Å². The average Bonchev–Trinajstić information content (AvgIpc) is 2.91. The number of ether oxygens (including phenoxy) is 1. The molecule has 0 amide bonds. The zero-order valence-corrected chi connectivity index (χ0v) is 10.1. The Balaban J connectivity index is 1.79. The highest BCUT2D eigenvalue weighted by atomic mass is 32.1. The van der Waals surface area contributed by atoms with Gasteiger partial charge in [-0.2, -0.15) is 0 Å². The minimum atomic E-state index is 0.268. The molecule has 2 aliphatic heterocycles. The van der Waals surface area contributed by atoms with Gasteiger partial charge in [-0.15, -0.1) is 0 Å². The number of rotatable bonds is 3. The summed E-state index contributed by atoms with van der Waals surface area (Å²) in [6, 6.07) is 0.304. The molecule has 3 rings (SSSR count). The van der Waals surface area contributed by atoms with Crippen molar-refractivity contribution in [3.63, 3.8) is 0 Å². The van der Waals surface area contributed by atoms with Gasteiger partial charge in [0.25, 0.3) is 0 Å². The van der Waals surface area contributed by atoms with Gasteiger partial charge in [-0.25, -0.2) is 9.97 Å². The number of thiocarbonyl (C=S) groups is 1. The molecule has 3 heterocycles. The van der Waals surface area contributed by atoms with Crippen LogP contribution in [0.3, 0.4) is 0 Å². The summed E-state index contributed by atoms with van der Waals surface area (Å²) < 4.78 is 5.78. The first-order valence-corrected chi connectivity index (χ1v) is 6.17. The van der Waals surface area contributed by atoms with Crippen LogP contribution >= 0.6 is 12.2 Å². The number of aromatic nitrogens is 2. The Morgan fingerprint density at radius 1 is 1.41 bits per heavy atom. The van der Waals surface area contributed by atoms with E-state index in [0.29, 0.717) is 29.8 Å². The van der Waals surface area contributed by atoms with E-state index < -0.39 is 0 Å². The highest BCUT2D eigenvalue weighted by Gasteiger charge is 2.41. The van der Waals surface area contributed by atoms with Crippen LogP contribution < -0.4 is 11.1 Å². The summed E-state index contributed by atoms with van der Waals surface area (Å²) in [7, 11) is 0. The highest BCUT2D eigenvalue weighted by molar-refractivity contribution is 7.80. The first-order valence-electron chi connectivity index (χ1n) is 5.77. The Labute approximate surface area is 105 Å². The SMILES string of the molecule is NC(=S)c1nccnc1NC1CC2CCC1O2. The van der Waals surface area contributed by atoms with Crippen molar-refractivity contribution in [3.05, 3.63) is 18.1 Å². The smallest absolute Gasteiger partial charge is 0.155 e. The summed E-state index contributed by atoms with van der Waals surface area (Å²) in [6.45, 7) is 0. The quantitative estimate of drug-likeness (QED) is 0.775. The van der Waals surface area contributed by atoms with Crippen LogP contribution in [-0.2, 0) is 4.74 Å². The lowest BCUT2D eigenvalue weighted by molar-refractivity contribution is 0.102. The van der Waals surface area contributed by atoms with Crippen LogP contribution in [0, 0.1) is 0 Å². The fourth-order valence-corrected chi connectivity index (χ4v) is 2.74. The molecular formula is C11H14N4OS. The zero-order valence-electron chi connectivity index (χ0n) is 9.30. The van der Waals surface area contributed by atoms with Crippen LogP contribution in [0.5, 0.6) is 0 Å². The monoisotopic (exact) mass is 250 g/mol. The lowest BCUT2D eigenvalue weighted by Gasteiger charge is -2.21. The normalized spacial score (nSPS) is 30.5. The van der Waals surface area contributed by atoms with Gasteiger partial charge in [0.15, 0.2) is 5.82 Å². The molecule has 1 aromatic heterocycles. The molecule has 2 aliphatic rings. The second kappa shape index (κ2) is 4.19. The summed E-state index contributed by atoms with van der Waals surface area (Å²) in [5.74, 6) is 0.668. The predicted octanol–water partition coefficient (Wildman–Crippen LogP) is 0.843. The van der Waals surface area contributed by atoms with Crippen LogP contribution in [0.4, 0.5) is 5.82 Å². The van der Waals surface area contributed by atoms with E-state index in [-0.39, 0.29) is 4.99 Å². The van der Waals surface area contributed by atoms with Gasteiger partial charge in [0, 0.05) is 12.4 Å². The van der Waals surface area contributed by atoms with E-state index in [0.717, 1.165) is 12.8 Å². The molecule has 3 atom stereocenters. The lowest BCUT2D eigenvalue weighted by atomic mass is 9.95. The Hall–Kier alpha value is -1.27. The molecule has 0 aromatic carbocycles. The number of nitrogens with two attached hydrogens (primary N) is 1. The maximum absolute atomic E-state index is 5.78. The molecule has 17 heavy (non-hydrogen) atoms. The molecule has 6 heteroatoms. The molecule has 0 aliphatic carbocycles. The summed E-state index contributed by atoms with van der Waals surface area (Å²) in [5, 5.41) is 3.36. The van der Waals surface area contributed by atoms with Crippen molar-refractivity contribution in [2.45, 2.75) is 37.5 Å². The first kappa shape index (κ1) is 10.9.